The van der Waals surface area contributed by atoms with Crippen LogP contribution in [-0.4, -0.2) is 19.5 Å². The number of hydrogen-bond donors (Lipinski definition) is 0. The first-order valence-electron chi connectivity index (χ1n) is 2.77. The maximum Gasteiger partial charge on any atom is 0.322 e. The highest BCUT2D eigenvalue weighted by Gasteiger charge is 2.35. The fourth-order valence-electron chi connectivity index (χ4n) is 0.349. The van der Waals surface area contributed by atoms with Gasteiger partial charge in [-0.15, -0.1) is 0 Å². The average molecular weight is 418 g/mol. The van der Waals surface area contributed by atoms with Crippen molar-refractivity contribution in [2.45, 2.75) is 13.9 Å². The third-order valence-electron chi connectivity index (χ3n) is 0.781. The van der Waals surface area contributed by atoms with Gasteiger partial charge in [-0.3, -0.25) is 4.79 Å². The van der Waals surface area contributed by atoms with Gasteiger partial charge in [0, 0.05) is 0 Å². The number of rotatable bonds is 2. The maximum atomic E-state index is 11.0. The quantitative estimate of drug-likeness (QED) is 0.510. The molecule has 0 bridgehead atoms. The molecule has 6 heteroatoms. The number of esters is 1. The number of ether oxygens (including phenoxy) is 1. The maximum absolute atomic E-state index is 11.0. The Hall–Kier alpha value is 1.39. The molecule has 0 saturated heterocycles. The highest BCUT2D eigenvalue weighted by Crippen LogP contribution is 2.41. The van der Waals surface area contributed by atoms with E-state index in [4.69, 9.17) is 4.74 Å². The molecule has 0 amide bonds. The van der Waals surface area contributed by atoms with Crippen LogP contribution in [0.1, 0.15) is 6.92 Å². The molecule has 0 N–H and O–H groups in total. The smallest absolute Gasteiger partial charge is 0.322 e. The zero-order valence-corrected chi connectivity index (χ0v) is 12.0. The summed E-state index contributed by atoms with van der Waals surface area (Å²) in [4.78, 5) is 10.6. The van der Waals surface area contributed by atoms with E-state index in [1.54, 1.807) is 6.92 Å². The van der Waals surface area contributed by atoms with E-state index in [-0.39, 0.29) is 5.97 Å². The van der Waals surface area contributed by atoms with E-state index in [0.717, 1.165) is 0 Å². The third-order valence-corrected chi connectivity index (χ3v) is 5.06. The van der Waals surface area contributed by atoms with Gasteiger partial charge in [0.25, 0.3) is 0 Å². The summed E-state index contributed by atoms with van der Waals surface area (Å²) < 4.78 is 4.11. The van der Waals surface area contributed by atoms with Crippen LogP contribution in [0.5, 0.6) is 0 Å². The average Bonchev–Trinajstić information content (AvgIpc) is 1.85. The molecule has 0 spiro atoms. The predicted molar refractivity (Wildman–Crippen MR) is 58.9 cm³/mol. The Balaban J connectivity index is 4.03. The lowest BCUT2D eigenvalue weighted by Gasteiger charge is -2.17. The van der Waals surface area contributed by atoms with Gasteiger partial charge in [-0.1, -0.05) is 63.7 Å². The van der Waals surface area contributed by atoms with Crippen molar-refractivity contribution in [3.05, 3.63) is 0 Å². The van der Waals surface area contributed by atoms with Crippen LogP contribution >= 0.6 is 63.7 Å². The van der Waals surface area contributed by atoms with E-state index >= 15 is 0 Å². The predicted octanol–water partition coefficient (Wildman–Crippen LogP) is 3.15. The molecule has 2 nitrogen and oxygen atoms in total. The normalized spacial score (nSPS) is 14.3. The van der Waals surface area contributed by atoms with Crippen molar-refractivity contribution < 1.29 is 9.53 Å². The molecule has 0 aromatic carbocycles. The van der Waals surface area contributed by atoms with Crippen LogP contribution in [0.25, 0.3) is 0 Å². The van der Waals surface area contributed by atoms with Crippen molar-refractivity contribution in [1.29, 1.82) is 0 Å². The summed E-state index contributed by atoms with van der Waals surface area (Å²) in [5.41, 5.74) is 0. The zero-order valence-electron chi connectivity index (χ0n) is 5.61. The Morgan fingerprint density at radius 3 is 2.27 bits per heavy atom. The molecule has 0 aliphatic carbocycles. The van der Waals surface area contributed by atoms with Crippen LogP contribution in [0.15, 0.2) is 0 Å². The summed E-state index contributed by atoms with van der Waals surface area (Å²) in [6, 6.07) is 0. The van der Waals surface area contributed by atoms with Gasteiger partial charge < -0.3 is 4.74 Å². The summed E-state index contributed by atoms with van der Waals surface area (Å²) in [7, 11) is 0. The van der Waals surface area contributed by atoms with Crippen LogP contribution in [0.4, 0.5) is 0 Å². The summed E-state index contributed by atoms with van der Waals surface area (Å²) in [5.74, 6) is -0.321. The molecule has 11 heavy (non-hydrogen) atoms. The zero-order chi connectivity index (χ0) is 9.07. The molecule has 0 aliphatic heterocycles. The molecule has 0 radical (unpaired) electrons. The Labute approximate surface area is 98.9 Å². The molecule has 1 atom stereocenters. The molecule has 0 aromatic rings. The first-order valence-corrected chi connectivity index (χ1v) is 6.06. The number of hydrogen-bond acceptors (Lipinski definition) is 2. The largest absolute Gasteiger partial charge is 0.465 e. The fourth-order valence-corrected chi connectivity index (χ4v) is 1.04. The number of alkyl halides is 4. The van der Waals surface area contributed by atoms with E-state index < -0.39 is 6.97 Å². The molecule has 66 valence electrons. The molecular formula is C5H6Br4O2. The van der Waals surface area contributed by atoms with Crippen molar-refractivity contribution in [1.82, 2.24) is 0 Å². The van der Waals surface area contributed by atoms with Gasteiger partial charge >= 0.3 is 5.97 Å². The number of halogens is 4. The summed E-state index contributed by atoms with van der Waals surface area (Å²) >= 11 is 12.7. The van der Waals surface area contributed by atoms with Gasteiger partial charge in [-0.25, -0.2) is 0 Å². The van der Waals surface area contributed by atoms with E-state index in [1.165, 1.54) is 0 Å². The molecule has 0 aromatic heterocycles. The van der Waals surface area contributed by atoms with E-state index in [0.29, 0.717) is 6.61 Å². The molecule has 0 aliphatic rings. The van der Waals surface area contributed by atoms with Gasteiger partial charge in [-0.05, 0) is 6.92 Å². The SMILES string of the molecule is CCOC(=O)C(Br)C(Br)(Br)Br. The van der Waals surface area contributed by atoms with E-state index in [2.05, 4.69) is 63.7 Å². The molecule has 1 unspecified atom stereocenters. The van der Waals surface area contributed by atoms with Crippen LogP contribution in [0.2, 0.25) is 0 Å². The van der Waals surface area contributed by atoms with Gasteiger partial charge in [0.05, 0.1) is 6.61 Å². The minimum Gasteiger partial charge on any atom is -0.465 e. The molecular weight excluding hydrogens is 412 g/mol. The van der Waals surface area contributed by atoms with Gasteiger partial charge in [0.2, 0.25) is 0 Å². The minimum absolute atomic E-state index is 0.321. The Kier molecular flexibility index (Phi) is 5.85. The monoisotopic (exact) mass is 414 g/mol. The summed E-state index contributed by atoms with van der Waals surface area (Å²) in [6.07, 6.45) is 0. The molecule has 0 saturated carbocycles. The topological polar surface area (TPSA) is 26.3 Å². The number of carbonyl (C=O) groups is 1. The second-order valence-corrected chi connectivity index (χ2v) is 9.52. The Morgan fingerprint density at radius 2 is 2.00 bits per heavy atom. The Bertz CT molecular complexity index is 142. The fraction of sp³-hybridized carbons (Fsp3) is 0.800. The molecule has 0 rings (SSSR count). The van der Waals surface area contributed by atoms with Crippen LogP contribution in [0, 0.1) is 0 Å². The van der Waals surface area contributed by atoms with Gasteiger partial charge in [0.1, 0.15) is 4.83 Å². The first-order chi connectivity index (χ1) is 4.89. The van der Waals surface area contributed by atoms with Crippen molar-refractivity contribution in [3.8, 4) is 0 Å². The standard InChI is InChI=1S/C5H6Br4O2/c1-2-11-4(10)3(6)5(7,8)9/h3H,2H2,1H3. The minimum atomic E-state index is -0.640. The summed E-state index contributed by atoms with van der Waals surface area (Å²) in [5, 5.41) is 0. The van der Waals surface area contributed by atoms with Crippen molar-refractivity contribution in [3.63, 3.8) is 0 Å². The lowest BCUT2D eigenvalue weighted by atomic mass is 10.5. The van der Waals surface area contributed by atoms with Crippen LogP contribution < -0.4 is 0 Å². The highest BCUT2D eigenvalue weighted by molar-refractivity contribution is 9.40. The first kappa shape index (κ1) is 12.4. The third kappa shape index (κ3) is 4.85. The van der Waals surface area contributed by atoms with E-state index in [9.17, 15) is 4.79 Å². The van der Waals surface area contributed by atoms with Gasteiger partial charge in [0.15, 0.2) is 2.14 Å². The van der Waals surface area contributed by atoms with Crippen molar-refractivity contribution in [2.24, 2.45) is 0 Å². The second kappa shape index (κ2) is 5.19. The van der Waals surface area contributed by atoms with Crippen LogP contribution in [0.3, 0.4) is 0 Å². The van der Waals surface area contributed by atoms with Crippen molar-refractivity contribution >= 4 is 69.7 Å². The van der Waals surface area contributed by atoms with E-state index in [1.807, 2.05) is 0 Å². The lowest BCUT2D eigenvalue weighted by Crippen LogP contribution is -2.28. The summed E-state index contributed by atoms with van der Waals surface area (Å²) in [6.45, 7) is 2.14. The second-order valence-electron chi connectivity index (χ2n) is 1.66. The highest BCUT2D eigenvalue weighted by atomic mass is 80.0. The van der Waals surface area contributed by atoms with Crippen molar-refractivity contribution in [2.75, 3.05) is 6.61 Å². The van der Waals surface area contributed by atoms with Gasteiger partial charge in [-0.2, -0.15) is 0 Å². The molecule has 0 heterocycles. The molecule has 0 fully saturated rings. The Morgan fingerprint density at radius 1 is 1.55 bits per heavy atom. The lowest BCUT2D eigenvalue weighted by molar-refractivity contribution is -0.141. The number of carbonyl (C=O) groups excluding carboxylic acids is 1. The van der Waals surface area contributed by atoms with Crippen LogP contribution in [-0.2, 0) is 9.53 Å².